The van der Waals surface area contributed by atoms with Crippen molar-refractivity contribution in [1.29, 1.82) is 5.26 Å². The van der Waals surface area contributed by atoms with Gasteiger partial charge < -0.3 is 4.74 Å². The van der Waals surface area contributed by atoms with Crippen molar-refractivity contribution >= 4 is 44.8 Å². The molecule has 31 heavy (non-hydrogen) atoms. The maximum Gasteiger partial charge on any atom is 0.266 e. The minimum atomic E-state index is -0.0241. The van der Waals surface area contributed by atoms with Crippen molar-refractivity contribution in [3.05, 3.63) is 68.5 Å². The van der Waals surface area contributed by atoms with Crippen LogP contribution in [0.4, 0.5) is 0 Å². The van der Waals surface area contributed by atoms with Gasteiger partial charge >= 0.3 is 0 Å². The molecule has 0 spiro atoms. The molecule has 1 saturated heterocycles. The number of ether oxygens (including phenoxy) is 1. The standard InChI is InChI=1S/C24H24BrN3O2S/c1-15(2)27-24-28(16(3)4)23(29)22(31-24)12-17-9-10-21(20(25)11-17)30-14-19-8-6-5-7-18(19)13-26/h5-12,15-16H,14H2,1-4H3/b22-12+,27-24?. The van der Waals surface area contributed by atoms with Gasteiger partial charge in [-0.2, -0.15) is 5.26 Å². The molecule has 0 bridgehead atoms. The van der Waals surface area contributed by atoms with Crippen molar-refractivity contribution in [2.75, 3.05) is 0 Å². The highest BCUT2D eigenvalue weighted by molar-refractivity contribution is 9.10. The highest BCUT2D eigenvalue weighted by Crippen LogP contribution is 2.35. The number of aliphatic imine (C=N–C) groups is 1. The number of halogens is 1. The summed E-state index contributed by atoms with van der Waals surface area (Å²) in [5.74, 6) is 0.648. The molecular formula is C24H24BrN3O2S. The second-order valence-corrected chi connectivity index (χ2v) is 9.50. The summed E-state index contributed by atoms with van der Waals surface area (Å²) < 4.78 is 6.68. The molecule has 1 amide bonds. The number of nitrogens with zero attached hydrogens (tertiary/aromatic N) is 3. The van der Waals surface area contributed by atoms with E-state index in [0.29, 0.717) is 22.8 Å². The summed E-state index contributed by atoms with van der Waals surface area (Å²) in [5.41, 5.74) is 2.33. The smallest absolute Gasteiger partial charge is 0.266 e. The lowest BCUT2D eigenvalue weighted by atomic mass is 10.1. The molecule has 0 aliphatic carbocycles. The summed E-state index contributed by atoms with van der Waals surface area (Å²) in [6.07, 6.45) is 1.88. The molecule has 0 saturated carbocycles. The summed E-state index contributed by atoms with van der Waals surface area (Å²) in [6.45, 7) is 8.29. The third-order valence-electron chi connectivity index (χ3n) is 4.50. The zero-order chi connectivity index (χ0) is 22.5. The first kappa shape index (κ1) is 23.1. The molecule has 0 N–H and O–H groups in total. The first-order chi connectivity index (χ1) is 14.8. The molecule has 160 valence electrons. The maximum absolute atomic E-state index is 12.9. The van der Waals surface area contributed by atoms with Gasteiger partial charge in [0.25, 0.3) is 5.91 Å². The van der Waals surface area contributed by atoms with E-state index < -0.39 is 0 Å². The second-order valence-electron chi connectivity index (χ2n) is 7.63. The molecule has 3 rings (SSSR count). The summed E-state index contributed by atoms with van der Waals surface area (Å²) in [6, 6.07) is 15.4. The lowest BCUT2D eigenvalue weighted by Crippen LogP contribution is -2.35. The third-order valence-corrected chi connectivity index (χ3v) is 6.11. The molecule has 7 heteroatoms. The van der Waals surface area contributed by atoms with Crippen molar-refractivity contribution in [2.24, 2.45) is 4.99 Å². The van der Waals surface area contributed by atoms with Crippen molar-refractivity contribution in [1.82, 2.24) is 4.90 Å². The minimum Gasteiger partial charge on any atom is -0.488 e. The van der Waals surface area contributed by atoms with Crippen LogP contribution < -0.4 is 4.74 Å². The Morgan fingerprint density at radius 3 is 2.61 bits per heavy atom. The Bertz CT molecular complexity index is 1090. The number of hydrogen-bond acceptors (Lipinski definition) is 5. The summed E-state index contributed by atoms with van der Waals surface area (Å²) in [7, 11) is 0. The average Bonchev–Trinajstić information content (AvgIpc) is 3.01. The number of thioether (sulfide) groups is 1. The van der Waals surface area contributed by atoms with E-state index in [4.69, 9.17) is 4.74 Å². The molecular weight excluding hydrogens is 474 g/mol. The Morgan fingerprint density at radius 2 is 1.97 bits per heavy atom. The van der Waals surface area contributed by atoms with E-state index in [1.165, 1.54) is 11.8 Å². The Balaban J connectivity index is 1.79. The fourth-order valence-corrected chi connectivity index (χ4v) is 4.78. The number of carbonyl (C=O) groups is 1. The number of amides is 1. The topological polar surface area (TPSA) is 65.7 Å². The zero-order valence-corrected chi connectivity index (χ0v) is 20.3. The first-order valence-corrected chi connectivity index (χ1v) is 11.6. The van der Waals surface area contributed by atoms with E-state index in [9.17, 15) is 10.1 Å². The summed E-state index contributed by atoms with van der Waals surface area (Å²) in [5, 5.41) is 9.97. The molecule has 0 aromatic heterocycles. The molecule has 1 aliphatic heterocycles. The van der Waals surface area contributed by atoms with Crippen LogP contribution in [0.5, 0.6) is 5.75 Å². The van der Waals surface area contributed by atoms with Gasteiger partial charge in [0, 0.05) is 17.6 Å². The lowest BCUT2D eigenvalue weighted by Gasteiger charge is -2.20. The first-order valence-electron chi connectivity index (χ1n) is 10.0. The van der Waals surface area contributed by atoms with Gasteiger partial charge in [0.1, 0.15) is 12.4 Å². The largest absolute Gasteiger partial charge is 0.488 e. The van der Waals surface area contributed by atoms with Gasteiger partial charge in [0.2, 0.25) is 0 Å². The molecule has 5 nitrogen and oxygen atoms in total. The molecule has 1 aliphatic rings. The monoisotopic (exact) mass is 497 g/mol. The number of amidine groups is 1. The summed E-state index contributed by atoms with van der Waals surface area (Å²) >= 11 is 4.97. The van der Waals surface area contributed by atoms with Gasteiger partial charge in [0.05, 0.1) is 21.0 Å². The van der Waals surface area contributed by atoms with Crippen LogP contribution in [-0.4, -0.2) is 28.1 Å². The molecule has 1 heterocycles. The Hall–Kier alpha value is -2.56. The predicted octanol–water partition coefficient (Wildman–Crippen LogP) is 5.99. The second kappa shape index (κ2) is 10.2. The predicted molar refractivity (Wildman–Crippen MR) is 130 cm³/mol. The van der Waals surface area contributed by atoms with Crippen molar-refractivity contribution in [3.8, 4) is 11.8 Å². The van der Waals surface area contributed by atoms with Crippen LogP contribution in [0.15, 0.2) is 56.8 Å². The molecule has 2 aromatic rings. The lowest BCUT2D eigenvalue weighted by molar-refractivity contribution is -0.123. The van der Waals surface area contributed by atoms with Gasteiger partial charge in [-0.1, -0.05) is 24.3 Å². The van der Waals surface area contributed by atoms with Gasteiger partial charge in [-0.3, -0.25) is 14.7 Å². The minimum absolute atomic E-state index is 0.0241. The quantitative estimate of drug-likeness (QED) is 0.459. The molecule has 1 fully saturated rings. The SMILES string of the molecule is CC(C)N=C1S/C(=C/c2ccc(OCc3ccccc3C#N)c(Br)c2)C(=O)N1C(C)C. The van der Waals surface area contributed by atoms with E-state index in [0.717, 1.165) is 20.8 Å². The molecule has 0 atom stereocenters. The zero-order valence-electron chi connectivity index (χ0n) is 17.9. The average molecular weight is 498 g/mol. The van der Waals surface area contributed by atoms with Crippen LogP contribution in [-0.2, 0) is 11.4 Å². The van der Waals surface area contributed by atoms with E-state index in [1.54, 1.807) is 11.0 Å². The van der Waals surface area contributed by atoms with Crippen LogP contribution in [0.3, 0.4) is 0 Å². The van der Waals surface area contributed by atoms with Crippen molar-refractivity contribution in [3.63, 3.8) is 0 Å². The van der Waals surface area contributed by atoms with Gasteiger partial charge in [0.15, 0.2) is 5.17 Å². The molecule has 0 unspecified atom stereocenters. The van der Waals surface area contributed by atoms with E-state index >= 15 is 0 Å². The van der Waals surface area contributed by atoms with Crippen LogP contribution in [0.2, 0.25) is 0 Å². The maximum atomic E-state index is 12.9. The van der Waals surface area contributed by atoms with Gasteiger partial charge in [-0.15, -0.1) is 0 Å². The number of rotatable bonds is 6. The van der Waals surface area contributed by atoms with E-state index in [2.05, 4.69) is 27.0 Å². The summed E-state index contributed by atoms with van der Waals surface area (Å²) in [4.78, 5) is 19.9. The Morgan fingerprint density at radius 1 is 1.23 bits per heavy atom. The Labute approximate surface area is 195 Å². The van der Waals surface area contributed by atoms with Gasteiger partial charge in [-0.25, -0.2) is 0 Å². The van der Waals surface area contributed by atoms with Crippen molar-refractivity contribution in [2.45, 2.75) is 46.4 Å². The highest BCUT2D eigenvalue weighted by Gasteiger charge is 2.35. The van der Waals surface area contributed by atoms with Crippen LogP contribution in [0, 0.1) is 11.3 Å². The number of benzene rings is 2. The van der Waals surface area contributed by atoms with E-state index in [1.807, 2.05) is 70.2 Å². The molecule has 2 aromatic carbocycles. The Kier molecular flexibility index (Phi) is 7.58. The van der Waals surface area contributed by atoms with Crippen LogP contribution in [0.1, 0.15) is 44.4 Å². The van der Waals surface area contributed by atoms with Crippen molar-refractivity contribution < 1.29 is 9.53 Å². The van der Waals surface area contributed by atoms with Crippen LogP contribution >= 0.6 is 27.7 Å². The normalized spacial score (nSPS) is 16.6. The number of hydrogen-bond donors (Lipinski definition) is 0. The van der Waals surface area contributed by atoms with Crippen LogP contribution in [0.25, 0.3) is 6.08 Å². The molecule has 0 radical (unpaired) electrons. The third kappa shape index (κ3) is 5.57. The number of carbonyl (C=O) groups excluding carboxylic acids is 1. The number of nitriles is 1. The fraction of sp³-hybridized carbons (Fsp3) is 0.292. The van der Waals surface area contributed by atoms with E-state index in [-0.39, 0.29) is 18.0 Å². The fourth-order valence-electron chi connectivity index (χ4n) is 3.04. The van der Waals surface area contributed by atoms with Gasteiger partial charge in [-0.05, 0) is 85.2 Å². The highest BCUT2D eigenvalue weighted by atomic mass is 79.9.